The fraction of sp³-hybridized carbons (Fsp3) is 0.200. The molecule has 0 saturated heterocycles. The zero-order valence-electron chi connectivity index (χ0n) is 15.4. The third kappa shape index (κ3) is 4.26. The van der Waals surface area contributed by atoms with Crippen LogP contribution in [0.2, 0.25) is 0 Å². The van der Waals surface area contributed by atoms with E-state index in [-0.39, 0.29) is 10.5 Å². The number of sulfonamides is 1. The van der Waals surface area contributed by atoms with Crippen molar-refractivity contribution in [1.29, 1.82) is 0 Å². The lowest BCUT2D eigenvalue weighted by molar-refractivity contribution is 0.102. The van der Waals surface area contributed by atoms with Gasteiger partial charge >= 0.3 is 0 Å². The van der Waals surface area contributed by atoms with E-state index < -0.39 is 15.9 Å². The average molecular weight is 475 g/mol. The maximum atomic E-state index is 12.7. The van der Waals surface area contributed by atoms with E-state index >= 15 is 0 Å². The molecule has 0 unspecified atom stereocenters. The number of halogens is 1. The second kappa shape index (κ2) is 7.74. The topological polar surface area (TPSA) is 107 Å². The lowest BCUT2D eigenvalue weighted by atomic mass is 10.1. The van der Waals surface area contributed by atoms with Crippen LogP contribution in [0.5, 0.6) is 0 Å². The average Bonchev–Trinajstić information content (AvgIpc) is 3.12. The molecule has 29 heavy (non-hydrogen) atoms. The predicted molar refractivity (Wildman–Crippen MR) is 114 cm³/mol. The van der Waals surface area contributed by atoms with E-state index in [1.165, 1.54) is 18.2 Å². The van der Waals surface area contributed by atoms with Gasteiger partial charge in [0.2, 0.25) is 10.0 Å². The van der Waals surface area contributed by atoms with E-state index in [0.717, 1.165) is 42.9 Å². The maximum Gasteiger partial charge on any atom is 0.256 e. The number of hydrogen-bond acceptors (Lipinski definition) is 4. The summed E-state index contributed by atoms with van der Waals surface area (Å²) in [6.45, 7) is 0.979. The van der Waals surface area contributed by atoms with E-state index in [4.69, 9.17) is 10.1 Å². The Balaban J connectivity index is 1.60. The van der Waals surface area contributed by atoms with E-state index in [2.05, 4.69) is 25.8 Å². The van der Waals surface area contributed by atoms with Crippen molar-refractivity contribution >= 4 is 37.5 Å². The molecule has 0 aliphatic carbocycles. The van der Waals surface area contributed by atoms with Crippen LogP contribution in [0, 0.1) is 0 Å². The number of anilines is 1. The number of carbonyl (C=O) groups is 1. The van der Waals surface area contributed by atoms with Gasteiger partial charge in [-0.05, 0) is 59.1 Å². The smallest absolute Gasteiger partial charge is 0.256 e. The molecule has 1 aliphatic rings. The minimum absolute atomic E-state index is 0.122. The molecule has 0 fully saturated rings. The maximum absolute atomic E-state index is 12.7. The minimum atomic E-state index is -3.90. The van der Waals surface area contributed by atoms with E-state index in [9.17, 15) is 13.2 Å². The quantitative estimate of drug-likeness (QED) is 0.602. The zero-order chi connectivity index (χ0) is 20.6. The van der Waals surface area contributed by atoms with Gasteiger partial charge in [-0.1, -0.05) is 12.1 Å². The molecule has 0 saturated carbocycles. The van der Waals surface area contributed by atoms with Crippen LogP contribution in [0.25, 0.3) is 11.3 Å². The van der Waals surface area contributed by atoms with Crippen LogP contribution < -0.4 is 10.5 Å². The number of primary sulfonamides is 1. The molecule has 4 rings (SSSR count). The molecule has 9 heteroatoms. The summed E-state index contributed by atoms with van der Waals surface area (Å²) < 4.78 is 25.8. The van der Waals surface area contributed by atoms with Gasteiger partial charge in [-0.25, -0.2) is 18.5 Å². The molecule has 0 spiro atoms. The van der Waals surface area contributed by atoms with Crippen molar-refractivity contribution in [3.63, 3.8) is 0 Å². The first-order valence-corrected chi connectivity index (χ1v) is 11.5. The monoisotopic (exact) mass is 474 g/mol. The van der Waals surface area contributed by atoms with Gasteiger partial charge in [-0.3, -0.25) is 4.79 Å². The van der Waals surface area contributed by atoms with Crippen LogP contribution in [0.15, 0.2) is 58.0 Å². The number of amides is 1. The molecule has 1 amide bonds. The van der Waals surface area contributed by atoms with Gasteiger partial charge in [-0.2, -0.15) is 0 Å². The second-order valence-electron chi connectivity index (χ2n) is 6.91. The lowest BCUT2D eigenvalue weighted by Crippen LogP contribution is -2.16. The van der Waals surface area contributed by atoms with Crippen LogP contribution >= 0.6 is 15.9 Å². The summed E-state index contributed by atoms with van der Waals surface area (Å²) in [5, 5.41) is 7.98. The Morgan fingerprint density at radius 3 is 2.76 bits per heavy atom. The summed E-state index contributed by atoms with van der Waals surface area (Å²) in [4.78, 5) is 17.3. The number of benzene rings is 2. The van der Waals surface area contributed by atoms with E-state index in [0.29, 0.717) is 10.2 Å². The van der Waals surface area contributed by atoms with Crippen LogP contribution in [-0.4, -0.2) is 23.9 Å². The Morgan fingerprint density at radius 1 is 1.17 bits per heavy atom. The van der Waals surface area contributed by atoms with E-state index in [1.807, 2.05) is 24.4 Å². The molecule has 2 aromatic carbocycles. The number of imidazole rings is 1. The minimum Gasteiger partial charge on any atom is -0.334 e. The third-order valence-electron chi connectivity index (χ3n) is 4.84. The highest BCUT2D eigenvalue weighted by Crippen LogP contribution is 2.26. The van der Waals surface area contributed by atoms with Gasteiger partial charge in [0.25, 0.3) is 5.91 Å². The van der Waals surface area contributed by atoms with Gasteiger partial charge in [0.15, 0.2) is 0 Å². The predicted octanol–water partition coefficient (Wildman–Crippen LogP) is 3.55. The standard InChI is InChI=1S/C20H19BrN4O3S/c21-17-8-7-15(29(22,27)28)11-16(17)20(26)23-14-5-3-4-13(10-14)18-12-25-9-2-1-6-19(25)24-18/h3-5,7-8,10-12H,1-2,6,9H2,(H,23,26)(H2,22,27,28). The van der Waals surface area contributed by atoms with Crippen molar-refractivity contribution < 1.29 is 13.2 Å². The summed E-state index contributed by atoms with van der Waals surface area (Å²) in [5.41, 5.74) is 2.54. The highest BCUT2D eigenvalue weighted by Gasteiger charge is 2.17. The van der Waals surface area contributed by atoms with Crippen LogP contribution in [-0.2, 0) is 23.0 Å². The summed E-state index contributed by atoms with van der Waals surface area (Å²) in [5.74, 6) is 0.646. The number of aromatic nitrogens is 2. The third-order valence-corrected chi connectivity index (χ3v) is 6.44. The molecule has 2 heterocycles. The first kappa shape index (κ1) is 19.8. The number of aryl methyl sites for hydroxylation is 2. The van der Waals surface area contributed by atoms with Gasteiger partial charge in [0.1, 0.15) is 5.82 Å². The SMILES string of the molecule is NS(=O)(=O)c1ccc(Br)c(C(=O)Nc2cccc(-c3cn4c(n3)CCCC4)c2)c1. The number of nitrogens with two attached hydrogens (primary N) is 1. The molecular weight excluding hydrogens is 456 g/mol. The Hall–Kier alpha value is -2.49. The largest absolute Gasteiger partial charge is 0.334 e. The van der Waals surface area contributed by atoms with Crippen LogP contribution in [0.3, 0.4) is 0 Å². The van der Waals surface area contributed by atoms with Crippen molar-refractivity contribution in [2.75, 3.05) is 5.32 Å². The molecule has 0 radical (unpaired) electrons. The first-order chi connectivity index (χ1) is 13.8. The Labute approximate surface area is 177 Å². The summed E-state index contributed by atoms with van der Waals surface area (Å²) >= 11 is 3.29. The molecule has 3 N–H and O–H groups in total. The summed E-state index contributed by atoms with van der Waals surface area (Å²) in [7, 11) is -3.90. The highest BCUT2D eigenvalue weighted by molar-refractivity contribution is 9.10. The molecule has 1 aliphatic heterocycles. The molecule has 1 aromatic heterocycles. The number of rotatable bonds is 4. The zero-order valence-corrected chi connectivity index (χ0v) is 17.8. The summed E-state index contributed by atoms with van der Waals surface area (Å²) in [6, 6.07) is 11.5. The van der Waals surface area contributed by atoms with Crippen LogP contribution in [0.1, 0.15) is 29.0 Å². The normalized spacial score (nSPS) is 13.7. The number of carbonyl (C=O) groups excluding carboxylic acids is 1. The van der Waals surface area contributed by atoms with Crippen molar-refractivity contribution in [2.45, 2.75) is 30.7 Å². The van der Waals surface area contributed by atoms with Gasteiger partial charge in [-0.15, -0.1) is 0 Å². The molecule has 7 nitrogen and oxygen atoms in total. The van der Waals surface area contributed by atoms with Crippen molar-refractivity contribution in [1.82, 2.24) is 9.55 Å². The fourth-order valence-corrected chi connectivity index (χ4v) is 4.33. The molecule has 0 atom stereocenters. The lowest BCUT2D eigenvalue weighted by Gasteiger charge is -2.11. The number of hydrogen-bond donors (Lipinski definition) is 2. The van der Waals surface area contributed by atoms with Gasteiger partial charge < -0.3 is 9.88 Å². The van der Waals surface area contributed by atoms with Crippen molar-refractivity contribution in [2.24, 2.45) is 5.14 Å². The number of nitrogens with one attached hydrogen (secondary N) is 1. The van der Waals surface area contributed by atoms with Crippen LogP contribution in [0.4, 0.5) is 5.69 Å². The first-order valence-electron chi connectivity index (χ1n) is 9.11. The Kier molecular flexibility index (Phi) is 5.28. The number of fused-ring (bicyclic) bond motifs is 1. The molecule has 0 bridgehead atoms. The Morgan fingerprint density at radius 2 is 2.00 bits per heavy atom. The van der Waals surface area contributed by atoms with Gasteiger partial charge in [0.05, 0.1) is 16.2 Å². The Bertz CT molecular complexity index is 1180. The fourth-order valence-electron chi connectivity index (χ4n) is 3.36. The van der Waals surface area contributed by atoms with E-state index in [1.54, 1.807) is 6.07 Å². The van der Waals surface area contributed by atoms with Crippen molar-refractivity contribution in [3.8, 4) is 11.3 Å². The second-order valence-corrected chi connectivity index (χ2v) is 9.33. The molecule has 3 aromatic rings. The number of nitrogens with zero attached hydrogens (tertiary/aromatic N) is 2. The van der Waals surface area contributed by atoms with Gasteiger partial charge in [0, 0.05) is 34.9 Å². The molecular formula is C20H19BrN4O3S. The van der Waals surface area contributed by atoms with Crippen molar-refractivity contribution in [3.05, 3.63) is 64.5 Å². The molecule has 150 valence electrons. The summed E-state index contributed by atoms with van der Waals surface area (Å²) in [6.07, 6.45) is 5.33. The highest BCUT2D eigenvalue weighted by atomic mass is 79.9.